The van der Waals surface area contributed by atoms with E-state index < -0.39 is 5.54 Å². The van der Waals surface area contributed by atoms with E-state index in [-0.39, 0.29) is 25.9 Å². The molecule has 2 aromatic rings. The van der Waals surface area contributed by atoms with Crippen LogP contribution in [-0.4, -0.2) is 40.7 Å². The van der Waals surface area contributed by atoms with Gasteiger partial charge in [0.1, 0.15) is 0 Å². The van der Waals surface area contributed by atoms with E-state index in [9.17, 15) is 15.3 Å². The average molecular weight is 301 g/mol. The van der Waals surface area contributed by atoms with Gasteiger partial charge in [-0.1, -0.05) is 60.7 Å². The highest BCUT2D eigenvalue weighted by molar-refractivity contribution is 5.24. The second kappa shape index (κ2) is 8.06. The molecule has 0 amide bonds. The zero-order chi connectivity index (χ0) is 15.8. The summed E-state index contributed by atoms with van der Waals surface area (Å²) in [5.74, 6) is 0. The van der Waals surface area contributed by atoms with Crippen LogP contribution >= 0.6 is 0 Å². The smallest absolute Gasteiger partial charge is 0.0886 e. The quantitative estimate of drug-likeness (QED) is 0.593. The summed E-state index contributed by atoms with van der Waals surface area (Å²) < 4.78 is 0. The van der Waals surface area contributed by atoms with E-state index in [1.54, 1.807) is 0 Å². The Morgan fingerprint density at radius 1 is 0.773 bits per heavy atom. The third-order valence-corrected chi connectivity index (χ3v) is 3.87. The van der Waals surface area contributed by atoms with Crippen molar-refractivity contribution < 1.29 is 15.3 Å². The highest BCUT2D eigenvalue weighted by atomic mass is 16.3. The minimum Gasteiger partial charge on any atom is -0.394 e. The van der Waals surface area contributed by atoms with E-state index in [1.165, 1.54) is 0 Å². The lowest BCUT2D eigenvalue weighted by Gasteiger charge is -2.34. The van der Waals surface area contributed by atoms with Crippen LogP contribution in [0, 0.1) is 0 Å². The second-order valence-corrected chi connectivity index (χ2v) is 5.55. The molecule has 0 saturated heterocycles. The Kier molecular flexibility index (Phi) is 6.10. The van der Waals surface area contributed by atoms with Crippen molar-refractivity contribution in [2.45, 2.75) is 18.0 Å². The van der Waals surface area contributed by atoms with Crippen molar-refractivity contribution in [3.05, 3.63) is 71.8 Å². The number of aliphatic hydroxyl groups excluding tert-OH is 3. The molecule has 0 bridgehead atoms. The molecule has 22 heavy (non-hydrogen) atoms. The van der Waals surface area contributed by atoms with E-state index >= 15 is 0 Å². The summed E-state index contributed by atoms with van der Waals surface area (Å²) in [4.78, 5) is 0. The maximum absolute atomic E-state index is 9.56. The van der Waals surface area contributed by atoms with E-state index in [0.717, 1.165) is 11.1 Å². The standard InChI is InChI=1S/C18H23NO3/c20-12-18(13-21,14-22)19-17(16-9-5-2-6-10-16)11-15-7-3-1-4-8-15/h1-10,17,19-22H,11-14H2. The van der Waals surface area contributed by atoms with Crippen molar-refractivity contribution in [1.29, 1.82) is 0 Å². The van der Waals surface area contributed by atoms with E-state index in [4.69, 9.17) is 0 Å². The highest BCUT2D eigenvalue weighted by Gasteiger charge is 2.31. The molecule has 0 fully saturated rings. The summed E-state index contributed by atoms with van der Waals surface area (Å²) in [5.41, 5.74) is 1.09. The summed E-state index contributed by atoms with van der Waals surface area (Å²) >= 11 is 0. The van der Waals surface area contributed by atoms with E-state index in [1.807, 2.05) is 60.7 Å². The minimum atomic E-state index is -1.10. The monoisotopic (exact) mass is 301 g/mol. The lowest BCUT2D eigenvalue weighted by molar-refractivity contribution is 0.0339. The first-order valence-electron chi connectivity index (χ1n) is 7.42. The highest BCUT2D eigenvalue weighted by Crippen LogP contribution is 2.21. The molecule has 4 heteroatoms. The first-order chi connectivity index (χ1) is 10.7. The number of aliphatic hydroxyl groups is 3. The van der Waals surface area contributed by atoms with Crippen LogP contribution in [0.25, 0.3) is 0 Å². The molecule has 118 valence electrons. The van der Waals surface area contributed by atoms with Crippen LogP contribution in [0.5, 0.6) is 0 Å². The number of benzene rings is 2. The minimum absolute atomic E-state index is 0.116. The van der Waals surface area contributed by atoms with Crippen molar-refractivity contribution in [2.24, 2.45) is 0 Å². The van der Waals surface area contributed by atoms with Gasteiger partial charge in [-0.3, -0.25) is 5.32 Å². The van der Waals surface area contributed by atoms with Crippen molar-refractivity contribution in [3.63, 3.8) is 0 Å². The number of hydrogen-bond donors (Lipinski definition) is 4. The molecule has 0 spiro atoms. The summed E-state index contributed by atoms with van der Waals surface area (Å²) in [6.07, 6.45) is 0.701. The van der Waals surface area contributed by atoms with Gasteiger partial charge in [0.05, 0.1) is 25.4 Å². The molecule has 2 rings (SSSR count). The maximum atomic E-state index is 9.56. The van der Waals surface area contributed by atoms with Gasteiger partial charge in [0, 0.05) is 6.04 Å². The largest absolute Gasteiger partial charge is 0.394 e. The third kappa shape index (κ3) is 4.15. The van der Waals surface area contributed by atoms with Crippen LogP contribution in [0.2, 0.25) is 0 Å². The second-order valence-electron chi connectivity index (χ2n) is 5.55. The van der Waals surface area contributed by atoms with Gasteiger partial charge >= 0.3 is 0 Å². The Labute approximate surface area is 131 Å². The Hall–Kier alpha value is -1.72. The molecule has 0 heterocycles. The predicted octanol–water partition coefficient (Wildman–Crippen LogP) is 1.28. The van der Waals surface area contributed by atoms with Gasteiger partial charge in [-0.05, 0) is 17.5 Å². The lowest BCUT2D eigenvalue weighted by Crippen LogP contribution is -2.56. The van der Waals surface area contributed by atoms with Gasteiger partial charge in [0.15, 0.2) is 0 Å². The molecule has 0 aliphatic heterocycles. The van der Waals surface area contributed by atoms with Crippen LogP contribution < -0.4 is 5.32 Å². The van der Waals surface area contributed by atoms with E-state index in [2.05, 4.69) is 5.32 Å². The van der Waals surface area contributed by atoms with E-state index in [0.29, 0.717) is 6.42 Å². The molecule has 0 aromatic heterocycles. The van der Waals surface area contributed by atoms with Crippen LogP contribution in [0.1, 0.15) is 17.2 Å². The molecule has 2 aromatic carbocycles. The number of nitrogens with one attached hydrogen (secondary N) is 1. The Bertz CT molecular complexity index is 533. The molecule has 0 aliphatic carbocycles. The Morgan fingerprint density at radius 2 is 1.27 bits per heavy atom. The lowest BCUT2D eigenvalue weighted by atomic mass is 9.94. The Morgan fingerprint density at radius 3 is 1.77 bits per heavy atom. The van der Waals surface area contributed by atoms with Crippen molar-refractivity contribution in [1.82, 2.24) is 5.32 Å². The fourth-order valence-corrected chi connectivity index (χ4v) is 2.44. The molecule has 1 unspecified atom stereocenters. The van der Waals surface area contributed by atoms with Gasteiger partial charge < -0.3 is 15.3 Å². The molecule has 0 radical (unpaired) electrons. The first-order valence-corrected chi connectivity index (χ1v) is 7.42. The van der Waals surface area contributed by atoms with Gasteiger partial charge in [0.2, 0.25) is 0 Å². The molecule has 0 saturated carbocycles. The van der Waals surface area contributed by atoms with Crippen LogP contribution in [0.15, 0.2) is 60.7 Å². The topological polar surface area (TPSA) is 72.7 Å². The molecule has 1 atom stereocenters. The zero-order valence-electron chi connectivity index (χ0n) is 12.5. The zero-order valence-corrected chi connectivity index (χ0v) is 12.5. The van der Waals surface area contributed by atoms with Gasteiger partial charge in [-0.15, -0.1) is 0 Å². The predicted molar refractivity (Wildman–Crippen MR) is 86.5 cm³/mol. The molecule has 0 aliphatic rings. The fourth-order valence-electron chi connectivity index (χ4n) is 2.44. The van der Waals surface area contributed by atoms with Gasteiger partial charge in [-0.25, -0.2) is 0 Å². The molecular formula is C18H23NO3. The number of rotatable bonds is 8. The van der Waals surface area contributed by atoms with Crippen LogP contribution in [0.4, 0.5) is 0 Å². The molecule has 4 N–H and O–H groups in total. The van der Waals surface area contributed by atoms with Crippen LogP contribution in [0.3, 0.4) is 0 Å². The number of hydrogen-bond acceptors (Lipinski definition) is 4. The van der Waals surface area contributed by atoms with Crippen molar-refractivity contribution in [3.8, 4) is 0 Å². The summed E-state index contributed by atoms with van der Waals surface area (Å²) in [6.45, 7) is -1.01. The van der Waals surface area contributed by atoms with Crippen molar-refractivity contribution in [2.75, 3.05) is 19.8 Å². The third-order valence-electron chi connectivity index (χ3n) is 3.87. The molecule has 4 nitrogen and oxygen atoms in total. The normalized spacial score (nSPS) is 13.0. The fraction of sp³-hybridized carbons (Fsp3) is 0.333. The van der Waals surface area contributed by atoms with Crippen LogP contribution in [-0.2, 0) is 6.42 Å². The van der Waals surface area contributed by atoms with Gasteiger partial charge in [-0.2, -0.15) is 0 Å². The summed E-state index contributed by atoms with van der Waals surface area (Å²) in [5, 5.41) is 31.9. The summed E-state index contributed by atoms with van der Waals surface area (Å²) in [7, 11) is 0. The summed E-state index contributed by atoms with van der Waals surface area (Å²) in [6, 6.07) is 19.7. The average Bonchev–Trinajstić information content (AvgIpc) is 2.60. The SMILES string of the molecule is OCC(CO)(CO)NC(Cc1ccccc1)c1ccccc1. The first kappa shape index (κ1) is 16.6. The van der Waals surface area contributed by atoms with Gasteiger partial charge in [0.25, 0.3) is 0 Å². The van der Waals surface area contributed by atoms with Crippen molar-refractivity contribution >= 4 is 0 Å². The molecular weight excluding hydrogens is 278 g/mol. The maximum Gasteiger partial charge on any atom is 0.0886 e. The Balaban J connectivity index is 2.26.